The number of hydrogen-bond donors (Lipinski definition) is 1. The van der Waals surface area contributed by atoms with Crippen molar-refractivity contribution in [2.75, 3.05) is 37.7 Å². The number of likely N-dealkylation sites (tertiary alicyclic amines) is 1. The van der Waals surface area contributed by atoms with Crippen molar-refractivity contribution in [1.29, 1.82) is 0 Å². The van der Waals surface area contributed by atoms with Crippen LogP contribution in [0.4, 0.5) is 5.69 Å². The molecule has 1 fully saturated rings. The number of furan rings is 1. The van der Waals surface area contributed by atoms with E-state index in [0.717, 1.165) is 30.9 Å². The number of carbonyl (C=O) groups excluding carboxylic acids is 2. The third kappa shape index (κ3) is 4.62. The van der Waals surface area contributed by atoms with Gasteiger partial charge in [0.25, 0.3) is 11.8 Å². The van der Waals surface area contributed by atoms with Crippen molar-refractivity contribution in [1.82, 2.24) is 10.2 Å². The van der Waals surface area contributed by atoms with Gasteiger partial charge in [0.05, 0.1) is 12.2 Å². The number of amides is 2. The Labute approximate surface area is 170 Å². The fraction of sp³-hybridized carbons (Fsp3) is 0.455. The SMILES string of the molecule is Cc1ccc2c(c1)N(Cc1ccc(C(=O)NCCN3CCCCC3)o1)C(=O)CO2. The Bertz CT molecular complexity index is 886. The van der Waals surface area contributed by atoms with Crippen LogP contribution in [0.1, 0.15) is 41.1 Å². The summed E-state index contributed by atoms with van der Waals surface area (Å²) >= 11 is 0. The van der Waals surface area contributed by atoms with Crippen LogP contribution in [0.5, 0.6) is 5.75 Å². The molecule has 2 amide bonds. The van der Waals surface area contributed by atoms with Crippen molar-refractivity contribution in [2.24, 2.45) is 0 Å². The van der Waals surface area contributed by atoms with E-state index < -0.39 is 0 Å². The minimum Gasteiger partial charge on any atom is -0.482 e. The van der Waals surface area contributed by atoms with Gasteiger partial charge >= 0.3 is 0 Å². The molecule has 7 nitrogen and oxygen atoms in total. The highest BCUT2D eigenvalue weighted by molar-refractivity contribution is 5.97. The van der Waals surface area contributed by atoms with Gasteiger partial charge in [-0.15, -0.1) is 0 Å². The number of nitrogens with one attached hydrogen (secondary N) is 1. The summed E-state index contributed by atoms with van der Waals surface area (Å²) < 4.78 is 11.2. The zero-order valence-corrected chi connectivity index (χ0v) is 16.8. The lowest BCUT2D eigenvalue weighted by Gasteiger charge is -2.29. The molecule has 0 atom stereocenters. The van der Waals surface area contributed by atoms with Crippen LogP contribution < -0.4 is 15.0 Å². The van der Waals surface area contributed by atoms with E-state index in [1.807, 2.05) is 25.1 Å². The molecule has 0 bridgehead atoms. The molecule has 2 aromatic rings. The van der Waals surface area contributed by atoms with Crippen LogP contribution in [0.3, 0.4) is 0 Å². The van der Waals surface area contributed by atoms with E-state index >= 15 is 0 Å². The molecule has 1 N–H and O–H groups in total. The molecule has 7 heteroatoms. The normalized spacial score (nSPS) is 17.0. The number of hydrogen-bond acceptors (Lipinski definition) is 5. The van der Waals surface area contributed by atoms with Crippen LogP contribution >= 0.6 is 0 Å². The maximum absolute atomic E-state index is 12.4. The molecule has 154 valence electrons. The minimum absolute atomic E-state index is 0.000608. The lowest BCUT2D eigenvalue weighted by atomic mass is 10.1. The summed E-state index contributed by atoms with van der Waals surface area (Å²) in [7, 11) is 0. The molecule has 0 saturated carbocycles. The van der Waals surface area contributed by atoms with E-state index in [0.29, 0.717) is 18.1 Å². The third-order valence-electron chi connectivity index (χ3n) is 5.42. The van der Waals surface area contributed by atoms with Gasteiger partial charge in [-0.2, -0.15) is 0 Å². The molecular weight excluding hydrogens is 370 g/mol. The number of carbonyl (C=O) groups is 2. The van der Waals surface area contributed by atoms with E-state index in [1.165, 1.54) is 19.3 Å². The monoisotopic (exact) mass is 397 g/mol. The Hall–Kier alpha value is -2.80. The molecule has 1 saturated heterocycles. The molecule has 0 aliphatic carbocycles. The zero-order chi connectivity index (χ0) is 20.2. The molecule has 3 heterocycles. The van der Waals surface area contributed by atoms with Crippen molar-refractivity contribution in [3.8, 4) is 5.75 Å². The fourth-order valence-corrected chi connectivity index (χ4v) is 3.82. The number of aryl methyl sites for hydroxylation is 1. The summed E-state index contributed by atoms with van der Waals surface area (Å²) in [6.45, 7) is 5.91. The number of ether oxygens (including phenoxy) is 1. The van der Waals surface area contributed by atoms with E-state index in [2.05, 4.69) is 10.2 Å². The second kappa shape index (κ2) is 8.69. The Morgan fingerprint density at radius 3 is 2.79 bits per heavy atom. The van der Waals surface area contributed by atoms with Crippen molar-refractivity contribution in [3.63, 3.8) is 0 Å². The quantitative estimate of drug-likeness (QED) is 0.811. The van der Waals surface area contributed by atoms with Crippen LogP contribution in [-0.2, 0) is 11.3 Å². The van der Waals surface area contributed by atoms with Gasteiger partial charge in [-0.1, -0.05) is 12.5 Å². The van der Waals surface area contributed by atoms with Gasteiger partial charge in [-0.25, -0.2) is 0 Å². The van der Waals surface area contributed by atoms with Crippen LogP contribution in [0.2, 0.25) is 0 Å². The highest BCUT2D eigenvalue weighted by Crippen LogP contribution is 2.34. The molecule has 0 radical (unpaired) electrons. The average molecular weight is 397 g/mol. The van der Waals surface area contributed by atoms with Gasteiger partial charge in [0, 0.05) is 13.1 Å². The lowest BCUT2D eigenvalue weighted by molar-refractivity contribution is -0.121. The van der Waals surface area contributed by atoms with Crippen LogP contribution in [0.25, 0.3) is 0 Å². The van der Waals surface area contributed by atoms with Crippen LogP contribution in [-0.4, -0.2) is 49.5 Å². The van der Waals surface area contributed by atoms with E-state index in [1.54, 1.807) is 17.0 Å². The van der Waals surface area contributed by atoms with Crippen molar-refractivity contribution in [2.45, 2.75) is 32.7 Å². The molecule has 1 aromatic carbocycles. The standard InChI is InChI=1S/C22H27N3O4/c1-16-5-7-19-18(13-16)25(21(26)15-28-19)14-17-6-8-20(29-17)22(27)23-9-12-24-10-3-2-4-11-24/h5-8,13H,2-4,9-12,14-15H2,1H3,(H,23,27). The fourth-order valence-electron chi connectivity index (χ4n) is 3.82. The first kappa shape index (κ1) is 19.5. The van der Waals surface area contributed by atoms with Crippen molar-refractivity contribution in [3.05, 3.63) is 47.4 Å². The summed E-state index contributed by atoms with van der Waals surface area (Å²) in [5.41, 5.74) is 1.77. The number of rotatable bonds is 6. The first-order valence-electron chi connectivity index (χ1n) is 10.2. The van der Waals surface area contributed by atoms with Gasteiger partial charge in [0.1, 0.15) is 11.5 Å². The first-order chi connectivity index (χ1) is 14.1. The topological polar surface area (TPSA) is 75.0 Å². The first-order valence-corrected chi connectivity index (χ1v) is 10.2. The maximum Gasteiger partial charge on any atom is 0.287 e. The van der Waals surface area contributed by atoms with Gasteiger partial charge in [-0.3, -0.25) is 14.5 Å². The van der Waals surface area contributed by atoms with Gasteiger partial charge in [0.15, 0.2) is 12.4 Å². The Morgan fingerprint density at radius 2 is 1.97 bits per heavy atom. The second-order valence-electron chi connectivity index (χ2n) is 7.66. The number of benzene rings is 1. The summed E-state index contributed by atoms with van der Waals surface area (Å²) in [5.74, 6) is 1.15. The van der Waals surface area contributed by atoms with Gasteiger partial charge in [0.2, 0.25) is 0 Å². The number of anilines is 1. The summed E-state index contributed by atoms with van der Waals surface area (Å²) in [5, 5.41) is 2.92. The Kier molecular flexibility index (Phi) is 5.85. The van der Waals surface area contributed by atoms with Crippen molar-refractivity contribution >= 4 is 17.5 Å². The summed E-state index contributed by atoms with van der Waals surface area (Å²) in [4.78, 5) is 28.8. The molecule has 0 unspecified atom stereocenters. The Balaban J connectivity index is 1.36. The van der Waals surface area contributed by atoms with Crippen LogP contribution in [0.15, 0.2) is 34.7 Å². The summed E-state index contributed by atoms with van der Waals surface area (Å²) in [6, 6.07) is 9.15. The Morgan fingerprint density at radius 1 is 1.14 bits per heavy atom. The van der Waals surface area contributed by atoms with E-state index in [-0.39, 0.29) is 30.7 Å². The minimum atomic E-state index is -0.224. The smallest absolute Gasteiger partial charge is 0.287 e. The predicted molar refractivity (Wildman–Crippen MR) is 109 cm³/mol. The molecule has 0 spiro atoms. The molecule has 29 heavy (non-hydrogen) atoms. The average Bonchev–Trinajstić information content (AvgIpc) is 3.20. The highest BCUT2D eigenvalue weighted by atomic mass is 16.5. The molecular formula is C22H27N3O4. The molecule has 4 rings (SSSR count). The second-order valence-corrected chi connectivity index (χ2v) is 7.66. The zero-order valence-electron chi connectivity index (χ0n) is 16.8. The molecule has 1 aromatic heterocycles. The predicted octanol–water partition coefficient (Wildman–Crippen LogP) is 2.73. The molecule has 2 aliphatic rings. The van der Waals surface area contributed by atoms with E-state index in [9.17, 15) is 9.59 Å². The lowest BCUT2D eigenvalue weighted by Crippen LogP contribution is -2.38. The number of piperidine rings is 1. The number of nitrogens with zero attached hydrogens (tertiary/aromatic N) is 2. The van der Waals surface area contributed by atoms with Crippen molar-refractivity contribution < 1.29 is 18.7 Å². The molecule has 2 aliphatic heterocycles. The van der Waals surface area contributed by atoms with Gasteiger partial charge in [-0.05, 0) is 62.7 Å². The van der Waals surface area contributed by atoms with E-state index in [4.69, 9.17) is 9.15 Å². The van der Waals surface area contributed by atoms with Gasteiger partial charge < -0.3 is 19.4 Å². The largest absolute Gasteiger partial charge is 0.482 e. The highest BCUT2D eigenvalue weighted by Gasteiger charge is 2.27. The number of fused-ring (bicyclic) bond motifs is 1. The summed E-state index contributed by atoms with van der Waals surface area (Å²) in [6.07, 6.45) is 3.77. The third-order valence-corrected chi connectivity index (χ3v) is 5.42. The maximum atomic E-state index is 12.4. The van der Waals surface area contributed by atoms with Crippen LogP contribution in [0, 0.1) is 6.92 Å².